The van der Waals surface area contributed by atoms with Gasteiger partial charge in [-0.25, -0.2) is 0 Å². The van der Waals surface area contributed by atoms with Gasteiger partial charge in [0.1, 0.15) is 0 Å². The molecule has 2 unspecified atom stereocenters. The van der Waals surface area contributed by atoms with Crippen LogP contribution in [0.25, 0.3) is 0 Å². The van der Waals surface area contributed by atoms with E-state index in [0.717, 1.165) is 19.3 Å². The number of hydrogen-bond acceptors (Lipinski definition) is 3. The molecule has 5 nitrogen and oxygen atoms in total. The Labute approximate surface area is 117 Å². The summed E-state index contributed by atoms with van der Waals surface area (Å²) >= 11 is 0. The van der Waals surface area contributed by atoms with Crippen LogP contribution in [0.5, 0.6) is 0 Å². The van der Waals surface area contributed by atoms with Crippen LogP contribution in [0.2, 0.25) is 0 Å². The Bertz CT molecular complexity index is 335. The van der Waals surface area contributed by atoms with E-state index in [-0.39, 0.29) is 24.4 Å². The Kier molecular flexibility index (Phi) is 7.70. The lowest BCUT2D eigenvalue weighted by atomic mass is 9.93. The second-order valence-electron chi connectivity index (χ2n) is 4.95. The SMILES string of the molecule is CCCN(C)S(=O)(=O)N1CCCC(C(C)N)C1.Cl. The maximum atomic E-state index is 12.3. The van der Waals surface area contributed by atoms with Gasteiger partial charge < -0.3 is 5.73 Å². The smallest absolute Gasteiger partial charge is 0.281 e. The van der Waals surface area contributed by atoms with Crippen LogP contribution in [0.15, 0.2) is 0 Å². The van der Waals surface area contributed by atoms with Gasteiger partial charge in [0.2, 0.25) is 0 Å². The fourth-order valence-corrected chi connectivity index (χ4v) is 3.79. The van der Waals surface area contributed by atoms with Crippen molar-refractivity contribution in [2.24, 2.45) is 11.7 Å². The zero-order valence-corrected chi connectivity index (χ0v) is 13.1. The molecule has 1 heterocycles. The standard InChI is InChI=1S/C11H25N3O2S.ClH/c1-4-7-13(3)17(15,16)14-8-5-6-11(9-14)10(2)12;/h10-11H,4-9,12H2,1-3H3;1H. The monoisotopic (exact) mass is 299 g/mol. The van der Waals surface area contributed by atoms with E-state index in [4.69, 9.17) is 5.73 Å². The van der Waals surface area contributed by atoms with Crippen molar-refractivity contribution in [1.82, 2.24) is 8.61 Å². The summed E-state index contributed by atoms with van der Waals surface area (Å²) in [6, 6.07) is 0.0597. The van der Waals surface area contributed by atoms with E-state index in [1.54, 1.807) is 11.4 Å². The van der Waals surface area contributed by atoms with Crippen LogP contribution in [0.3, 0.4) is 0 Å². The Morgan fingerprint density at radius 2 is 2.11 bits per heavy atom. The summed E-state index contributed by atoms with van der Waals surface area (Å²) in [7, 11) is -1.63. The van der Waals surface area contributed by atoms with Crippen LogP contribution in [-0.4, -0.2) is 49.8 Å². The topological polar surface area (TPSA) is 66.6 Å². The minimum atomic E-state index is -3.28. The second-order valence-corrected chi connectivity index (χ2v) is 6.98. The molecular weight excluding hydrogens is 274 g/mol. The Morgan fingerprint density at radius 3 is 2.61 bits per heavy atom. The predicted molar refractivity (Wildman–Crippen MR) is 77.0 cm³/mol. The van der Waals surface area contributed by atoms with Crippen LogP contribution in [0.4, 0.5) is 0 Å². The molecule has 7 heteroatoms. The summed E-state index contributed by atoms with van der Waals surface area (Å²) in [4.78, 5) is 0. The molecule has 2 N–H and O–H groups in total. The van der Waals surface area contributed by atoms with Gasteiger partial charge in [0.05, 0.1) is 0 Å². The summed E-state index contributed by atoms with van der Waals surface area (Å²) in [5.74, 6) is 0.286. The molecule has 1 aliphatic rings. The molecule has 18 heavy (non-hydrogen) atoms. The number of piperidine rings is 1. The highest BCUT2D eigenvalue weighted by Gasteiger charge is 2.32. The van der Waals surface area contributed by atoms with Gasteiger partial charge in [-0.05, 0) is 32.1 Å². The Morgan fingerprint density at radius 1 is 1.50 bits per heavy atom. The van der Waals surface area contributed by atoms with Crippen molar-refractivity contribution in [3.05, 3.63) is 0 Å². The zero-order valence-electron chi connectivity index (χ0n) is 11.5. The van der Waals surface area contributed by atoms with Gasteiger partial charge >= 0.3 is 0 Å². The molecule has 0 bridgehead atoms. The van der Waals surface area contributed by atoms with E-state index in [0.29, 0.717) is 19.6 Å². The van der Waals surface area contributed by atoms with E-state index in [9.17, 15) is 8.42 Å². The van der Waals surface area contributed by atoms with Crippen LogP contribution in [0.1, 0.15) is 33.1 Å². The molecule has 0 saturated carbocycles. The largest absolute Gasteiger partial charge is 0.328 e. The summed E-state index contributed by atoms with van der Waals surface area (Å²) in [5.41, 5.74) is 5.87. The molecule has 0 aromatic heterocycles. The van der Waals surface area contributed by atoms with Crippen LogP contribution in [-0.2, 0) is 10.2 Å². The minimum absolute atomic E-state index is 0. The van der Waals surface area contributed by atoms with E-state index in [1.807, 2.05) is 13.8 Å². The van der Waals surface area contributed by atoms with Crippen molar-refractivity contribution < 1.29 is 8.42 Å². The Hall–Kier alpha value is 0.120. The second kappa shape index (κ2) is 7.65. The lowest BCUT2D eigenvalue weighted by Crippen LogP contribution is -2.49. The normalized spacial score (nSPS) is 23.7. The molecular formula is C11H26ClN3O2S. The quantitative estimate of drug-likeness (QED) is 0.825. The van der Waals surface area contributed by atoms with Gasteiger partial charge in [-0.3, -0.25) is 0 Å². The molecule has 2 atom stereocenters. The van der Waals surface area contributed by atoms with E-state index in [2.05, 4.69) is 0 Å². The first-order valence-electron chi connectivity index (χ1n) is 6.36. The highest BCUT2D eigenvalue weighted by Crippen LogP contribution is 2.22. The molecule has 1 fully saturated rings. The third-order valence-electron chi connectivity index (χ3n) is 3.42. The molecule has 1 aliphatic heterocycles. The van der Waals surface area contributed by atoms with Crippen molar-refractivity contribution in [3.63, 3.8) is 0 Å². The van der Waals surface area contributed by atoms with Crippen molar-refractivity contribution >= 4 is 22.6 Å². The third-order valence-corrected chi connectivity index (χ3v) is 5.38. The summed E-state index contributed by atoms with van der Waals surface area (Å²) in [5, 5.41) is 0. The lowest BCUT2D eigenvalue weighted by Gasteiger charge is -2.35. The van der Waals surface area contributed by atoms with Gasteiger partial charge in [0.25, 0.3) is 10.2 Å². The zero-order chi connectivity index (χ0) is 13.1. The number of halogens is 1. The van der Waals surface area contributed by atoms with Crippen molar-refractivity contribution in [3.8, 4) is 0 Å². The van der Waals surface area contributed by atoms with Gasteiger partial charge in [0.15, 0.2) is 0 Å². The van der Waals surface area contributed by atoms with Gasteiger partial charge in [-0.15, -0.1) is 12.4 Å². The van der Waals surface area contributed by atoms with Crippen molar-refractivity contribution in [2.75, 3.05) is 26.7 Å². The summed E-state index contributed by atoms with van der Waals surface area (Å²) < 4.78 is 27.5. The molecule has 110 valence electrons. The fourth-order valence-electron chi connectivity index (χ4n) is 2.24. The van der Waals surface area contributed by atoms with E-state index < -0.39 is 10.2 Å². The number of nitrogens with zero attached hydrogens (tertiary/aromatic N) is 2. The number of rotatable bonds is 5. The first-order chi connectivity index (χ1) is 7.89. The van der Waals surface area contributed by atoms with E-state index >= 15 is 0 Å². The number of nitrogens with two attached hydrogens (primary N) is 1. The fraction of sp³-hybridized carbons (Fsp3) is 1.00. The van der Waals surface area contributed by atoms with Gasteiger partial charge in [0, 0.05) is 32.7 Å². The van der Waals surface area contributed by atoms with Crippen LogP contribution >= 0.6 is 12.4 Å². The highest BCUT2D eigenvalue weighted by atomic mass is 35.5. The molecule has 0 spiro atoms. The molecule has 0 amide bonds. The minimum Gasteiger partial charge on any atom is -0.328 e. The number of hydrogen-bond donors (Lipinski definition) is 1. The predicted octanol–water partition coefficient (Wildman–Crippen LogP) is 1.05. The molecule has 1 rings (SSSR count). The van der Waals surface area contributed by atoms with Gasteiger partial charge in [-0.2, -0.15) is 17.0 Å². The average molecular weight is 300 g/mol. The van der Waals surface area contributed by atoms with Crippen LogP contribution in [0, 0.1) is 5.92 Å². The average Bonchev–Trinajstić information content (AvgIpc) is 2.29. The molecule has 0 aliphatic carbocycles. The van der Waals surface area contributed by atoms with Gasteiger partial charge in [-0.1, -0.05) is 6.92 Å². The van der Waals surface area contributed by atoms with Crippen LogP contribution < -0.4 is 5.73 Å². The molecule has 1 saturated heterocycles. The molecule has 0 aromatic rings. The lowest BCUT2D eigenvalue weighted by molar-refractivity contribution is 0.231. The Balaban J connectivity index is 0.00000289. The maximum Gasteiger partial charge on any atom is 0.281 e. The summed E-state index contributed by atoms with van der Waals surface area (Å²) in [6.45, 7) is 5.69. The highest BCUT2D eigenvalue weighted by molar-refractivity contribution is 7.86. The summed E-state index contributed by atoms with van der Waals surface area (Å²) in [6.07, 6.45) is 2.77. The first kappa shape index (κ1) is 18.1. The molecule has 0 aromatic carbocycles. The maximum absolute atomic E-state index is 12.3. The third kappa shape index (κ3) is 4.35. The van der Waals surface area contributed by atoms with E-state index in [1.165, 1.54) is 4.31 Å². The van der Waals surface area contributed by atoms with Crippen molar-refractivity contribution in [2.45, 2.75) is 39.2 Å². The molecule has 0 radical (unpaired) electrons. The first-order valence-corrected chi connectivity index (χ1v) is 7.76. The van der Waals surface area contributed by atoms with Crippen molar-refractivity contribution in [1.29, 1.82) is 0 Å².